The number of carbonyl (C=O) groups excluding carboxylic acids is 1. The van der Waals surface area contributed by atoms with Gasteiger partial charge in [0.2, 0.25) is 5.91 Å². The highest BCUT2D eigenvalue weighted by atomic mass is 19.1. The SMILES string of the molecule is O=C1Cc2cc(C3CCCCC3)cc(F)c2N1. The van der Waals surface area contributed by atoms with E-state index in [1.807, 2.05) is 6.07 Å². The molecular formula is C14H16FNO. The molecule has 1 aromatic carbocycles. The summed E-state index contributed by atoms with van der Waals surface area (Å²) in [6.45, 7) is 0. The summed E-state index contributed by atoms with van der Waals surface area (Å²) in [5.74, 6) is 0.118. The van der Waals surface area contributed by atoms with Crippen molar-refractivity contribution in [2.75, 3.05) is 5.32 Å². The van der Waals surface area contributed by atoms with E-state index >= 15 is 0 Å². The molecule has 90 valence electrons. The third kappa shape index (κ3) is 1.94. The van der Waals surface area contributed by atoms with Gasteiger partial charge in [-0.1, -0.05) is 25.3 Å². The molecule has 1 heterocycles. The van der Waals surface area contributed by atoms with E-state index in [4.69, 9.17) is 0 Å². The molecule has 1 amide bonds. The maximum Gasteiger partial charge on any atom is 0.228 e. The van der Waals surface area contributed by atoms with Crippen molar-refractivity contribution in [3.63, 3.8) is 0 Å². The second kappa shape index (κ2) is 4.13. The van der Waals surface area contributed by atoms with E-state index in [1.165, 1.54) is 19.3 Å². The molecule has 1 fully saturated rings. The summed E-state index contributed by atoms with van der Waals surface area (Å²) in [6, 6.07) is 3.63. The van der Waals surface area contributed by atoms with Crippen molar-refractivity contribution in [3.8, 4) is 0 Å². The van der Waals surface area contributed by atoms with Crippen LogP contribution >= 0.6 is 0 Å². The lowest BCUT2D eigenvalue weighted by atomic mass is 9.83. The molecule has 0 radical (unpaired) electrons. The summed E-state index contributed by atoms with van der Waals surface area (Å²) in [6.07, 6.45) is 6.40. The molecule has 2 aliphatic rings. The van der Waals surface area contributed by atoms with Crippen LogP contribution in [0.2, 0.25) is 0 Å². The van der Waals surface area contributed by atoms with E-state index < -0.39 is 0 Å². The van der Waals surface area contributed by atoms with Gasteiger partial charge in [0.15, 0.2) is 0 Å². The Kier molecular flexibility index (Phi) is 2.61. The maximum atomic E-state index is 13.9. The maximum absolute atomic E-state index is 13.9. The second-order valence-corrected chi connectivity index (χ2v) is 5.10. The molecule has 2 nitrogen and oxygen atoms in total. The zero-order chi connectivity index (χ0) is 11.8. The smallest absolute Gasteiger partial charge is 0.228 e. The number of hydrogen-bond acceptors (Lipinski definition) is 1. The van der Waals surface area contributed by atoms with Crippen molar-refractivity contribution in [3.05, 3.63) is 29.1 Å². The molecule has 1 saturated carbocycles. The van der Waals surface area contributed by atoms with Crippen LogP contribution < -0.4 is 5.32 Å². The summed E-state index contributed by atoms with van der Waals surface area (Å²) in [5, 5.41) is 2.58. The quantitative estimate of drug-likeness (QED) is 0.791. The largest absolute Gasteiger partial charge is 0.323 e. The molecule has 0 unspecified atom stereocenters. The van der Waals surface area contributed by atoms with Crippen LogP contribution in [0.4, 0.5) is 10.1 Å². The molecule has 3 heteroatoms. The Labute approximate surface area is 100 Å². The highest BCUT2D eigenvalue weighted by molar-refractivity contribution is 5.99. The minimum absolute atomic E-state index is 0.0975. The lowest BCUT2D eigenvalue weighted by Crippen LogP contribution is -2.06. The van der Waals surface area contributed by atoms with Gasteiger partial charge < -0.3 is 5.32 Å². The van der Waals surface area contributed by atoms with Crippen LogP contribution in [-0.4, -0.2) is 5.91 Å². The van der Waals surface area contributed by atoms with Crippen molar-refractivity contribution in [1.82, 2.24) is 0 Å². The first-order valence-electron chi connectivity index (χ1n) is 6.36. The third-order valence-corrected chi connectivity index (χ3v) is 3.89. The zero-order valence-corrected chi connectivity index (χ0v) is 9.76. The van der Waals surface area contributed by atoms with E-state index in [9.17, 15) is 9.18 Å². The molecule has 0 aromatic heterocycles. The van der Waals surface area contributed by atoms with Crippen LogP contribution in [0.25, 0.3) is 0 Å². The summed E-state index contributed by atoms with van der Waals surface area (Å²) >= 11 is 0. The molecule has 1 aliphatic carbocycles. The van der Waals surface area contributed by atoms with Crippen molar-refractivity contribution in [2.45, 2.75) is 44.4 Å². The molecule has 1 aliphatic heterocycles. The Morgan fingerprint density at radius 3 is 2.71 bits per heavy atom. The number of halogens is 1. The van der Waals surface area contributed by atoms with Crippen LogP contribution in [0.15, 0.2) is 12.1 Å². The van der Waals surface area contributed by atoms with Gasteiger partial charge in [-0.2, -0.15) is 0 Å². The van der Waals surface area contributed by atoms with Gasteiger partial charge in [-0.05, 0) is 36.0 Å². The fourth-order valence-corrected chi connectivity index (χ4v) is 2.99. The van der Waals surface area contributed by atoms with Crippen LogP contribution in [-0.2, 0) is 11.2 Å². The van der Waals surface area contributed by atoms with Crippen molar-refractivity contribution in [1.29, 1.82) is 0 Å². The van der Waals surface area contributed by atoms with Gasteiger partial charge in [0.25, 0.3) is 0 Å². The standard InChI is InChI=1S/C14H16FNO/c15-12-7-10(9-4-2-1-3-5-9)6-11-8-13(17)16-14(11)12/h6-7,9H,1-5,8H2,(H,16,17). The first-order valence-corrected chi connectivity index (χ1v) is 6.36. The zero-order valence-electron chi connectivity index (χ0n) is 9.76. The number of fused-ring (bicyclic) bond motifs is 1. The number of hydrogen-bond donors (Lipinski definition) is 1. The van der Waals surface area contributed by atoms with Gasteiger partial charge in [0, 0.05) is 0 Å². The Balaban J connectivity index is 1.94. The number of amides is 1. The van der Waals surface area contributed by atoms with Crippen LogP contribution in [0.1, 0.15) is 49.1 Å². The van der Waals surface area contributed by atoms with Gasteiger partial charge in [0.1, 0.15) is 5.82 Å². The average Bonchev–Trinajstić information content (AvgIpc) is 2.71. The summed E-state index contributed by atoms with van der Waals surface area (Å²) in [7, 11) is 0. The van der Waals surface area contributed by atoms with E-state index in [0.717, 1.165) is 24.0 Å². The Morgan fingerprint density at radius 2 is 1.94 bits per heavy atom. The van der Waals surface area contributed by atoms with Gasteiger partial charge >= 0.3 is 0 Å². The Hall–Kier alpha value is -1.38. The predicted octanol–water partition coefficient (Wildman–Crippen LogP) is 3.37. The lowest BCUT2D eigenvalue weighted by molar-refractivity contribution is -0.115. The molecule has 0 atom stereocenters. The minimum atomic E-state index is -0.270. The number of nitrogens with one attached hydrogen (secondary N) is 1. The van der Waals surface area contributed by atoms with Gasteiger partial charge in [-0.15, -0.1) is 0 Å². The number of rotatable bonds is 1. The van der Waals surface area contributed by atoms with E-state index in [2.05, 4.69) is 5.32 Å². The van der Waals surface area contributed by atoms with Crippen molar-refractivity contribution >= 4 is 11.6 Å². The number of benzene rings is 1. The van der Waals surface area contributed by atoms with Crippen LogP contribution in [0, 0.1) is 5.82 Å². The first kappa shape index (κ1) is 10.8. The minimum Gasteiger partial charge on any atom is -0.323 e. The van der Waals surface area contributed by atoms with Gasteiger partial charge in [0.05, 0.1) is 12.1 Å². The number of anilines is 1. The highest BCUT2D eigenvalue weighted by Crippen LogP contribution is 2.36. The number of carbonyl (C=O) groups is 1. The van der Waals surface area contributed by atoms with E-state index in [0.29, 0.717) is 18.0 Å². The Morgan fingerprint density at radius 1 is 1.18 bits per heavy atom. The van der Waals surface area contributed by atoms with E-state index in [-0.39, 0.29) is 11.7 Å². The molecule has 17 heavy (non-hydrogen) atoms. The van der Waals surface area contributed by atoms with E-state index in [1.54, 1.807) is 6.07 Å². The van der Waals surface area contributed by atoms with Crippen LogP contribution in [0.5, 0.6) is 0 Å². The molecule has 0 spiro atoms. The van der Waals surface area contributed by atoms with Crippen LogP contribution in [0.3, 0.4) is 0 Å². The van der Waals surface area contributed by atoms with Gasteiger partial charge in [-0.25, -0.2) is 4.39 Å². The molecule has 0 bridgehead atoms. The summed E-state index contributed by atoms with van der Waals surface area (Å²) < 4.78 is 13.9. The monoisotopic (exact) mass is 233 g/mol. The molecule has 3 rings (SSSR count). The first-order chi connectivity index (χ1) is 8.24. The Bertz CT molecular complexity index is 464. The third-order valence-electron chi connectivity index (χ3n) is 3.89. The predicted molar refractivity (Wildman–Crippen MR) is 64.6 cm³/mol. The van der Waals surface area contributed by atoms with Crippen molar-refractivity contribution < 1.29 is 9.18 Å². The topological polar surface area (TPSA) is 29.1 Å². The summed E-state index contributed by atoms with van der Waals surface area (Å²) in [5.41, 5.74) is 2.31. The average molecular weight is 233 g/mol. The molecule has 1 aromatic rings. The lowest BCUT2D eigenvalue weighted by Gasteiger charge is -2.22. The fourth-order valence-electron chi connectivity index (χ4n) is 2.99. The van der Waals surface area contributed by atoms with Crippen molar-refractivity contribution in [2.24, 2.45) is 0 Å². The highest BCUT2D eigenvalue weighted by Gasteiger charge is 2.24. The second-order valence-electron chi connectivity index (χ2n) is 5.10. The normalized spacial score (nSPS) is 20.2. The molecule has 0 saturated heterocycles. The fraction of sp³-hybridized carbons (Fsp3) is 0.500. The molecule has 1 N–H and O–H groups in total. The molecular weight excluding hydrogens is 217 g/mol. The van der Waals surface area contributed by atoms with Gasteiger partial charge in [-0.3, -0.25) is 4.79 Å². The summed E-state index contributed by atoms with van der Waals surface area (Å²) in [4.78, 5) is 11.3.